The van der Waals surface area contributed by atoms with E-state index in [1.807, 2.05) is 0 Å². The summed E-state index contributed by atoms with van der Waals surface area (Å²) >= 11 is 3.34. The maximum atomic E-state index is 12.1. The van der Waals surface area contributed by atoms with Crippen molar-refractivity contribution < 1.29 is 23.0 Å². The third-order valence-electron chi connectivity index (χ3n) is 2.98. The second kappa shape index (κ2) is 6.80. The topological polar surface area (TPSA) is 29.5 Å². The molecule has 1 atom stereocenters. The molecule has 0 bridgehead atoms. The molecule has 20 heavy (non-hydrogen) atoms. The fourth-order valence-electron chi connectivity index (χ4n) is 2.02. The molecule has 0 heterocycles. The Balaban J connectivity index is 2.59. The molecule has 6 heteroatoms. The average molecular weight is 355 g/mol. The Labute approximate surface area is 125 Å². The highest BCUT2D eigenvalue weighted by atomic mass is 79.9. The monoisotopic (exact) mass is 354 g/mol. The van der Waals surface area contributed by atoms with Gasteiger partial charge in [0.05, 0.1) is 17.2 Å². The summed E-state index contributed by atoms with van der Waals surface area (Å²) in [6, 6.07) is 5.35. The second-order valence-corrected chi connectivity index (χ2v) is 5.97. The van der Waals surface area contributed by atoms with Crippen LogP contribution in [0.3, 0.4) is 0 Å². The van der Waals surface area contributed by atoms with E-state index in [9.17, 15) is 18.3 Å². The number of hydrogen-bond acceptors (Lipinski definition) is 2. The van der Waals surface area contributed by atoms with Crippen LogP contribution in [0.15, 0.2) is 22.7 Å². The predicted octanol–water partition coefficient (Wildman–Crippen LogP) is 4.48. The first-order valence-electron chi connectivity index (χ1n) is 6.24. The number of benzene rings is 1. The average Bonchev–Trinajstić information content (AvgIpc) is 2.26. The lowest BCUT2D eigenvalue weighted by molar-refractivity contribution is -0.137. The van der Waals surface area contributed by atoms with Gasteiger partial charge in [-0.25, -0.2) is 0 Å². The normalized spacial score (nSPS) is 14.9. The van der Waals surface area contributed by atoms with Gasteiger partial charge in [-0.3, -0.25) is 0 Å². The van der Waals surface area contributed by atoms with E-state index in [-0.39, 0.29) is 12.8 Å². The van der Waals surface area contributed by atoms with E-state index >= 15 is 0 Å². The second-order valence-electron chi connectivity index (χ2n) is 5.11. The Kier molecular flexibility index (Phi) is 5.89. The summed E-state index contributed by atoms with van der Waals surface area (Å²) < 4.78 is 42.1. The van der Waals surface area contributed by atoms with Crippen molar-refractivity contribution in [1.29, 1.82) is 0 Å². The van der Waals surface area contributed by atoms with Crippen molar-refractivity contribution in [2.45, 2.75) is 44.4 Å². The summed E-state index contributed by atoms with van der Waals surface area (Å²) in [6.07, 6.45) is -4.70. The maximum Gasteiger partial charge on any atom is 0.389 e. The molecule has 1 N–H and O–H groups in total. The van der Waals surface area contributed by atoms with Crippen molar-refractivity contribution in [2.24, 2.45) is 0 Å². The minimum atomic E-state index is -4.17. The highest BCUT2D eigenvalue weighted by molar-refractivity contribution is 9.10. The molecule has 1 unspecified atom stereocenters. The molecular formula is C14H18BrF3O2. The SMILES string of the molecule is COc1ccc(CC(C)(O)CCCC(F)(F)F)cc1Br. The largest absolute Gasteiger partial charge is 0.496 e. The lowest BCUT2D eigenvalue weighted by Crippen LogP contribution is -2.27. The zero-order chi connectivity index (χ0) is 15.4. The van der Waals surface area contributed by atoms with Gasteiger partial charge in [0.15, 0.2) is 0 Å². The van der Waals surface area contributed by atoms with Crippen LogP contribution in [0.2, 0.25) is 0 Å². The Morgan fingerprint density at radius 2 is 1.90 bits per heavy atom. The van der Waals surface area contributed by atoms with E-state index in [1.54, 1.807) is 32.2 Å². The smallest absolute Gasteiger partial charge is 0.389 e. The molecule has 0 aliphatic carbocycles. The van der Waals surface area contributed by atoms with E-state index in [4.69, 9.17) is 4.74 Å². The quantitative estimate of drug-likeness (QED) is 0.815. The molecule has 114 valence electrons. The van der Waals surface area contributed by atoms with Crippen molar-refractivity contribution in [3.63, 3.8) is 0 Å². The van der Waals surface area contributed by atoms with Gasteiger partial charge in [0.1, 0.15) is 5.75 Å². The van der Waals surface area contributed by atoms with E-state index < -0.39 is 18.2 Å². The van der Waals surface area contributed by atoms with E-state index in [1.165, 1.54) is 0 Å². The molecule has 0 aliphatic rings. The molecule has 2 nitrogen and oxygen atoms in total. The van der Waals surface area contributed by atoms with Gasteiger partial charge in [-0.1, -0.05) is 6.07 Å². The van der Waals surface area contributed by atoms with Gasteiger partial charge in [0.25, 0.3) is 0 Å². The minimum absolute atomic E-state index is 0.0756. The summed E-state index contributed by atoms with van der Waals surface area (Å²) in [5.74, 6) is 0.672. The lowest BCUT2D eigenvalue weighted by Gasteiger charge is -2.24. The molecule has 0 aromatic heterocycles. The summed E-state index contributed by atoms with van der Waals surface area (Å²) in [4.78, 5) is 0. The first-order valence-corrected chi connectivity index (χ1v) is 7.04. The van der Waals surface area contributed by atoms with Crippen molar-refractivity contribution >= 4 is 15.9 Å². The molecule has 1 aromatic rings. The van der Waals surface area contributed by atoms with Crippen molar-refractivity contribution in [1.82, 2.24) is 0 Å². The van der Waals surface area contributed by atoms with Crippen LogP contribution in [0.5, 0.6) is 5.75 Å². The van der Waals surface area contributed by atoms with E-state index in [0.29, 0.717) is 12.2 Å². The fraction of sp³-hybridized carbons (Fsp3) is 0.571. The molecule has 0 amide bonds. The number of halogens is 4. The predicted molar refractivity (Wildman–Crippen MR) is 74.9 cm³/mol. The van der Waals surface area contributed by atoms with Gasteiger partial charge >= 0.3 is 6.18 Å². The molecule has 0 aliphatic heterocycles. The zero-order valence-electron chi connectivity index (χ0n) is 11.4. The van der Waals surface area contributed by atoms with Crippen LogP contribution in [0.1, 0.15) is 31.7 Å². The van der Waals surface area contributed by atoms with Crippen LogP contribution in [0.25, 0.3) is 0 Å². The maximum absolute atomic E-state index is 12.1. The zero-order valence-corrected chi connectivity index (χ0v) is 13.0. The Hall–Kier alpha value is -0.750. The minimum Gasteiger partial charge on any atom is -0.496 e. The molecule has 0 saturated heterocycles. The van der Waals surface area contributed by atoms with Crippen LogP contribution in [-0.4, -0.2) is 24.0 Å². The number of aliphatic hydroxyl groups is 1. The standard InChI is InChI=1S/C14H18BrF3O2/c1-13(19,6-3-7-14(16,17)18)9-10-4-5-12(20-2)11(15)8-10/h4-5,8,19H,3,6-7,9H2,1-2H3. The van der Waals surface area contributed by atoms with Gasteiger partial charge in [-0.05, 0) is 53.4 Å². The molecular weight excluding hydrogens is 337 g/mol. The van der Waals surface area contributed by atoms with Gasteiger partial charge in [0, 0.05) is 12.8 Å². The Morgan fingerprint density at radius 3 is 2.40 bits per heavy atom. The Morgan fingerprint density at radius 1 is 1.25 bits per heavy atom. The van der Waals surface area contributed by atoms with Crippen LogP contribution < -0.4 is 4.74 Å². The number of alkyl halides is 3. The van der Waals surface area contributed by atoms with Crippen LogP contribution >= 0.6 is 15.9 Å². The third kappa shape index (κ3) is 6.13. The fourth-order valence-corrected chi connectivity index (χ4v) is 2.61. The van der Waals surface area contributed by atoms with Crippen LogP contribution in [0.4, 0.5) is 13.2 Å². The van der Waals surface area contributed by atoms with E-state index in [0.717, 1.165) is 10.0 Å². The van der Waals surface area contributed by atoms with Gasteiger partial charge in [-0.2, -0.15) is 13.2 Å². The molecule has 0 spiro atoms. The van der Waals surface area contributed by atoms with Crippen molar-refractivity contribution in [2.75, 3.05) is 7.11 Å². The Bertz CT molecular complexity index is 445. The summed E-state index contributed by atoms with van der Waals surface area (Å²) in [6.45, 7) is 1.56. The van der Waals surface area contributed by atoms with Gasteiger partial charge in [0.2, 0.25) is 0 Å². The van der Waals surface area contributed by atoms with Gasteiger partial charge < -0.3 is 9.84 Å². The molecule has 1 rings (SSSR count). The van der Waals surface area contributed by atoms with Crippen molar-refractivity contribution in [3.8, 4) is 5.75 Å². The number of hydrogen-bond donors (Lipinski definition) is 1. The first-order chi connectivity index (χ1) is 9.13. The highest BCUT2D eigenvalue weighted by Gasteiger charge is 2.29. The molecule has 0 radical (unpaired) electrons. The number of methoxy groups -OCH3 is 1. The van der Waals surface area contributed by atoms with Crippen LogP contribution in [-0.2, 0) is 6.42 Å². The molecule has 0 saturated carbocycles. The number of ether oxygens (including phenoxy) is 1. The first kappa shape index (κ1) is 17.3. The summed E-state index contributed by atoms with van der Waals surface area (Å²) in [5.41, 5.74) is -0.311. The van der Waals surface area contributed by atoms with E-state index in [2.05, 4.69) is 15.9 Å². The molecule has 0 fully saturated rings. The lowest BCUT2D eigenvalue weighted by atomic mass is 9.91. The highest BCUT2D eigenvalue weighted by Crippen LogP contribution is 2.29. The van der Waals surface area contributed by atoms with Crippen LogP contribution in [0, 0.1) is 0 Å². The number of rotatable bonds is 6. The summed E-state index contributed by atoms with van der Waals surface area (Å²) in [5, 5.41) is 10.2. The third-order valence-corrected chi connectivity index (χ3v) is 3.60. The van der Waals surface area contributed by atoms with Crippen molar-refractivity contribution in [3.05, 3.63) is 28.2 Å². The molecule has 1 aromatic carbocycles. The van der Waals surface area contributed by atoms with Gasteiger partial charge in [-0.15, -0.1) is 0 Å². The summed E-state index contributed by atoms with van der Waals surface area (Å²) in [7, 11) is 1.55.